The number of hydrogen-bond donors (Lipinski definition) is 1. The van der Waals surface area contributed by atoms with E-state index in [1.807, 2.05) is 13.8 Å². The van der Waals surface area contributed by atoms with Crippen LogP contribution in [-0.2, 0) is 14.3 Å². The summed E-state index contributed by atoms with van der Waals surface area (Å²) >= 11 is 0. The van der Waals surface area contributed by atoms with E-state index < -0.39 is 5.54 Å². The molecule has 0 spiro atoms. The molecule has 1 N–H and O–H groups in total. The van der Waals surface area contributed by atoms with Gasteiger partial charge in [-0.25, -0.2) is 0 Å². The van der Waals surface area contributed by atoms with E-state index >= 15 is 0 Å². The maximum Gasteiger partial charge on any atom is 0.327 e. The SMILES string of the molecule is CCOC(=O)C(C)(CN1CCCOC(C)C1)NC. The third-order valence-corrected chi connectivity index (χ3v) is 3.35. The van der Waals surface area contributed by atoms with Gasteiger partial charge in [-0.1, -0.05) is 0 Å². The Morgan fingerprint density at radius 2 is 2.33 bits per heavy atom. The van der Waals surface area contributed by atoms with Gasteiger partial charge in [0.25, 0.3) is 0 Å². The van der Waals surface area contributed by atoms with Crippen molar-refractivity contribution in [2.24, 2.45) is 0 Å². The highest BCUT2D eigenvalue weighted by atomic mass is 16.5. The van der Waals surface area contributed by atoms with Gasteiger partial charge in [-0.05, 0) is 34.2 Å². The van der Waals surface area contributed by atoms with Crippen molar-refractivity contribution in [3.05, 3.63) is 0 Å². The molecular weight excluding hydrogens is 232 g/mol. The van der Waals surface area contributed by atoms with Crippen LogP contribution in [-0.4, -0.2) is 62.4 Å². The lowest BCUT2D eigenvalue weighted by Gasteiger charge is -2.33. The second-order valence-electron chi connectivity index (χ2n) is 5.07. The number of ether oxygens (including phenoxy) is 2. The number of hydrogen-bond acceptors (Lipinski definition) is 5. The van der Waals surface area contributed by atoms with Crippen molar-refractivity contribution in [1.29, 1.82) is 0 Å². The predicted molar refractivity (Wildman–Crippen MR) is 70.6 cm³/mol. The van der Waals surface area contributed by atoms with Crippen molar-refractivity contribution in [2.45, 2.75) is 38.8 Å². The van der Waals surface area contributed by atoms with E-state index in [0.29, 0.717) is 13.2 Å². The molecule has 0 aliphatic carbocycles. The zero-order valence-electron chi connectivity index (χ0n) is 12.0. The van der Waals surface area contributed by atoms with Gasteiger partial charge in [0.1, 0.15) is 5.54 Å². The van der Waals surface area contributed by atoms with Gasteiger partial charge in [-0.3, -0.25) is 9.69 Å². The summed E-state index contributed by atoms with van der Waals surface area (Å²) in [4.78, 5) is 14.3. The number of likely N-dealkylation sites (N-methyl/N-ethyl adjacent to an activating group) is 1. The summed E-state index contributed by atoms with van der Waals surface area (Å²) < 4.78 is 10.7. The van der Waals surface area contributed by atoms with Gasteiger partial charge in [0.2, 0.25) is 0 Å². The van der Waals surface area contributed by atoms with Crippen LogP contribution in [0.4, 0.5) is 0 Å². The molecule has 1 aliphatic heterocycles. The molecule has 0 aromatic heterocycles. The monoisotopic (exact) mass is 258 g/mol. The lowest BCUT2D eigenvalue weighted by atomic mass is 10.0. The number of nitrogens with one attached hydrogen (secondary N) is 1. The van der Waals surface area contributed by atoms with Gasteiger partial charge in [-0.2, -0.15) is 0 Å². The largest absolute Gasteiger partial charge is 0.465 e. The minimum Gasteiger partial charge on any atom is -0.465 e. The molecule has 2 atom stereocenters. The summed E-state index contributed by atoms with van der Waals surface area (Å²) in [5.41, 5.74) is -0.653. The maximum absolute atomic E-state index is 12.0. The third kappa shape index (κ3) is 4.23. The molecule has 1 saturated heterocycles. The highest BCUT2D eigenvalue weighted by Crippen LogP contribution is 2.13. The quantitative estimate of drug-likeness (QED) is 0.733. The highest BCUT2D eigenvalue weighted by Gasteiger charge is 2.35. The van der Waals surface area contributed by atoms with Crippen molar-refractivity contribution in [3.8, 4) is 0 Å². The van der Waals surface area contributed by atoms with Gasteiger partial charge in [-0.15, -0.1) is 0 Å². The Bertz CT molecular complexity index is 273. The van der Waals surface area contributed by atoms with Gasteiger partial charge in [0.15, 0.2) is 0 Å². The van der Waals surface area contributed by atoms with Crippen molar-refractivity contribution in [3.63, 3.8) is 0 Å². The minimum absolute atomic E-state index is 0.190. The van der Waals surface area contributed by atoms with E-state index in [2.05, 4.69) is 17.1 Å². The molecule has 106 valence electrons. The molecule has 0 aromatic carbocycles. The van der Waals surface area contributed by atoms with E-state index in [-0.39, 0.29) is 12.1 Å². The average Bonchev–Trinajstić information content (AvgIpc) is 2.53. The first-order chi connectivity index (χ1) is 8.51. The van der Waals surface area contributed by atoms with Crippen molar-refractivity contribution in [1.82, 2.24) is 10.2 Å². The fraction of sp³-hybridized carbons (Fsp3) is 0.923. The molecule has 5 heteroatoms. The molecule has 1 rings (SSSR count). The van der Waals surface area contributed by atoms with Crippen molar-refractivity contribution >= 4 is 5.97 Å². The summed E-state index contributed by atoms with van der Waals surface area (Å²) in [6.07, 6.45) is 1.23. The summed E-state index contributed by atoms with van der Waals surface area (Å²) in [6, 6.07) is 0. The van der Waals surface area contributed by atoms with Gasteiger partial charge >= 0.3 is 5.97 Å². The first kappa shape index (κ1) is 15.4. The molecule has 0 aromatic rings. The van der Waals surface area contributed by atoms with E-state index in [4.69, 9.17) is 9.47 Å². The molecule has 1 heterocycles. The van der Waals surface area contributed by atoms with Crippen LogP contribution in [0.1, 0.15) is 27.2 Å². The molecule has 0 bridgehead atoms. The number of esters is 1. The summed E-state index contributed by atoms with van der Waals surface area (Å²) in [7, 11) is 1.80. The van der Waals surface area contributed by atoms with Crippen LogP contribution in [0, 0.1) is 0 Å². The Kier molecular flexibility index (Phi) is 6.05. The number of carbonyl (C=O) groups is 1. The first-order valence-corrected chi connectivity index (χ1v) is 6.72. The molecule has 1 fully saturated rings. The molecule has 18 heavy (non-hydrogen) atoms. The smallest absolute Gasteiger partial charge is 0.327 e. The first-order valence-electron chi connectivity index (χ1n) is 6.72. The standard InChI is InChI=1S/C13H26N2O3/c1-5-17-12(16)13(3,14-4)10-15-7-6-8-18-11(2)9-15/h11,14H,5-10H2,1-4H3. The van der Waals surface area contributed by atoms with E-state index in [0.717, 1.165) is 26.1 Å². The molecule has 1 aliphatic rings. The van der Waals surface area contributed by atoms with Crippen molar-refractivity contribution in [2.75, 3.05) is 39.9 Å². The van der Waals surface area contributed by atoms with Gasteiger partial charge in [0.05, 0.1) is 12.7 Å². The maximum atomic E-state index is 12.0. The molecule has 0 amide bonds. The fourth-order valence-electron chi connectivity index (χ4n) is 2.21. The molecule has 0 saturated carbocycles. The van der Waals surface area contributed by atoms with Crippen LogP contribution < -0.4 is 5.32 Å². The van der Waals surface area contributed by atoms with Crippen LogP contribution >= 0.6 is 0 Å². The van der Waals surface area contributed by atoms with Crippen LogP contribution in [0.2, 0.25) is 0 Å². The Labute approximate surface area is 110 Å². The fourth-order valence-corrected chi connectivity index (χ4v) is 2.21. The topological polar surface area (TPSA) is 50.8 Å². The average molecular weight is 258 g/mol. The highest BCUT2D eigenvalue weighted by molar-refractivity contribution is 5.80. The van der Waals surface area contributed by atoms with Crippen LogP contribution in [0.25, 0.3) is 0 Å². The van der Waals surface area contributed by atoms with Gasteiger partial charge in [0, 0.05) is 26.2 Å². The molecule has 5 nitrogen and oxygen atoms in total. The Balaban J connectivity index is 2.62. The molecule has 2 unspecified atom stereocenters. The minimum atomic E-state index is -0.653. The second kappa shape index (κ2) is 7.07. The van der Waals surface area contributed by atoms with Gasteiger partial charge < -0.3 is 14.8 Å². The third-order valence-electron chi connectivity index (χ3n) is 3.35. The zero-order chi connectivity index (χ0) is 13.6. The number of rotatable bonds is 5. The second-order valence-corrected chi connectivity index (χ2v) is 5.07. The Morgan fingerprint density at radius 1 is 1.61 bits per heavy atom. The lowest BCUT2D eigenvalue weighted by Crippen LogP contribution is -2.57. The Morgan fingerprint density at radius 3 is 2.94 bits per heavy atom. The zero-order valence-corrected chi connectivity index (χ0v) is 12.0. The number of carbonyl (C=O) groups excluding carboxylic acids is 1. The lowest BCUT2D eigenvalue weighted by molar-refractivity contribution is -0.151. The predicted octanol–water partition coefficient (Wildman–Crippen LogP) is 0.638. The molecule has 0 radical (unpaired) electrons. The van der Waals surface area contributed by atoms with E-state index in [9.17, 15) is 4.79 Å². The summed E-state index contributed by atoms with van der Waals surface area (Å²) in [6.45, 7) is 9.47. The normalized spacial score (nSPS) is 25.2. The van der Waals surface area contributed by atoms with E-state index in [1.165, 1.54) is 0 Å². The van der Waals surface area contributed by atoms with Crippen molar-refractivity contribution < 1.29 is 14.3 Å². The summed E-state index contributed by atoms with van der Waals surface area (Å²) in [5.74, 6) is -0.190. The molecular formula is C13H26N2O3. The number of nitrogens with zero attached hydrogens (tertiary/aromatic N) is 1. The van der Waals surface area contributed by atoms with E-state index in [1.54, 1.807) is 7.05 Å². The van der Waals surface area contributed by atoms with Crippen LogP contribution in [0.5, 0.6) is 0 Å². The summed E-state index contributed by atoms with van der Waals surface area (Å²) in [5, 5.41) is 3.09. The van der Waals surface area contributed by atoms with Crippen LogP contribution in [0.15, 0.2) is 0 Å². The van der Waals surface area contributed by atoms with Crippen LogP contribution in [0.3, 0.4) is 0 Å². The Hall–Kier alpha value is -0.650.